The molecule has 2 unspecified atom stereocenters. The third-order valence-electron chi connectivity index (χ3n) is 5.65. The second-order valence-electron chi connectivity index (χ2n) is 8.00. The van der Waals surface area contributed by atoms with Crippen molar-refractivity contribution >= 4 is 11.6 Å². The lowest BCUT2D eigenvalue weighted by atomic mass is 10.0. The highest BCUT2D eigenvalue weighted by atomic mass is 19.1. The monoisotopic (exact) mass is 459 g/mol. The highest BCUT2D eigenvalue weighted by Crippen LogP contribution is 2.22. The zero-order chi connectivity index (χ0) is 24.1. The molecule has 0 aliphatic carbocycles. The first-order valence-corrected chi connectivity index (χ1v) is 10.9. The fourth-order valence-corrected chi connectivity index (χ4v) is 3.76. The van der Waals surface area contributed by atoms with Crippen LogP contribution in [0.2, 0.25) is 0 Å². The van der Waals surface area contributed by atoms with Crippen molar-refractivity contribution < 1.29 is 14.3 Å². The second-order valence-corrected chi connectivity index (χ2v) is 8.00. The summed E-state index contributed by atoms with van der Waals surface area (Å²) in [5.41, 5.74) is 3.37. The standard InChI is InChI=1S/C26H26FN5O2/c1-17(33)25(21-8-3-4-9-22(21)27)31-26(34)19-6-5-7-20(14-19)29-16-24-30-15-23(32(24)2)18-10-12-28-13-11-18/h3-15,17,25,29,33H,16H2,1-2H3,(H,31,34). The second kappa shape index (κ2) is 10.3. The Morgan fingerprint density at radius 3 is 2.62 bits per heavy atom. The zero-order valence-corrected chi connectivity index (χ0v) is 18.9. The smallest absolute Gasteiger partial charge is 0.251 e. The Bertz CT molecular complexity index is 1270. The molecule has 0 fully saturated rings. The van der Waals surface area contributed by atoms with Gasteiger partial charge in [0.2, 0.25) is 0 Å². The SMILES string of the molecule is CC(O)C(NC(=O)c1cccc(NCc2ncc(-c3ccncc3)n2C)c1)c1ccccc1F. The van der Waals surface area contributed by atoms with Crippen LogP contribution in [0.3, 0.4) is 0 Å². The fraction of sp³-hybridized carbons (Fsp3) is 0.192. The van der Waals surface area contributed by atoms with Crippen molar-refractivity contribution in [1.82, 2.24) is 19.9 Å². The van der Waals surface area contributed by atoms with Gasteiger partial charge in [-0.3, -0.25) is 9.78 Å². The van der Waals surface area contributed by atoms with E-state index in [0.717, 1.165) is 22.8 Å². The minimum absolute atomic E-state index is 0.236. The maximum atomic E-state index is 14.2. The van der Waals surface area contributed by atoms with Gasteiger partial charge in [0.1, 0.15) is 11.6 Å². The van der Waals surface area contributed by atoms with E-state index in [1.54, 1.807) is 48.8 Å². The molecule has 0 spiro atoms. The summed E-state index contributed by atoms with van der Waals surface area (Å²) in [5.74, 6) is -0.0597. The van der Waals surface area contributed by atoms with Crippen molar-refractivity contribution in [3.63, 3.8) is 0 Å². The molecule has 0 saturated carbocycles. The van der Waals surface area contributed by atoms with Crippen molar-refractivity contribution in [3.8, 4) is 11.3 Å². The number of aromatic nitrogens is 3. The van der Waals surface area contributed by atoms with Crippen LogP contribution in [0, 0.1) is 5.82 Å². The van der Waals surface area contributed by atoms with Crippen molar-refractivity contribution in [1.29, 1.82) is 0 Å². The number of rotatable bonds is 8. The lowest BCUT2D eigenvalue weighted by molar-refractivity contribution is 0.0855. The number of nitrogens with one attached hydrogen (secondary N) is 2. The molecule has 4 aromatic rings. The fourth-order valence-electron chi connectivity index (χ4n) is 3.76. The Morgan fingerprint density at radius 1 is 1.12 bits per heavy atom. The molecule has 2 atom stereocenters. The molecule has 34 heavy (non-hydrogen) atoms. The molecule has 0 bridgehead atoms. The quantitative estimate of drug-likeness (QED) is 0.369. The number of nitrogens with zero attached hydrogens (tertiary/aromatic N) is 3. The molecular formula is C26H26FN5O2. The van der Waals surface area contributed by atoms with Gasteiger partial charge in [-0.05, 0) is 43.3 Å². The van der Waals surface area contributed by atoms with E-state index in [9.17, 15) is 14.3 Å². The van der Waals surface area contributed by atoms with Gasteiger partial charge in [-0.15, -0.1) is 0 Å². The average Bonchev–Trinajstić information content (AvgIpc) is 3.22. The summed E-state index contributed by atoms with van der Waals surface area (Å²) in [4.78, 5) is 21.4. The van der Waals surface area contributed by atoms with Crippen LogP contribution in [-0.4, -0.2) is 31.7 Å². The van der Waals surface area contributed by atoms with Crippen LogP contribution in [0.1, 0.15) is 34.7 Å². The third kappa shape index (κ3) is 5.13. The van der Waals surface area contributed by atoms with Crippen molar-refractivity contribution in [2.45, 2.75) is 25.6 Å². The van der Waals surface area contributed by atoms with Gasteiger partial charge in [-0.1, -0.05) is 24.3 Å². The number of hydrogen-bond acceptors (Lipinski definition) is 5. The maximum Gasteiger partial charge on any atom is 0.251 e. The highest BCUT2D eigenvalue weighted by Gasteiger charge is 2.23. The highest BCUT2D eigenvalue weighted by molar-refractivity contribution is 5.95. The largest absolute Gasteiger partial charge is 0.391 e. The van der Waals surface area contributed by atoms with E-state index in [1.807, 2.05) is 36.0 Å². The molecule has 2 aromatic carbocycles. The van der Waals surface area contributed by atoms with E-state index in [2.05, 4.69) is 20.6 Å². The number of hydrogen-bond donors (Lipinski definition) is 3. The summed E-state index contributed by atoms with van der Waals surface area (Å²) >= 11 is 0. The predicted octanol–water partition coefficient (Wildman–Crippen LogP) is 4.09. The van der Waals surface area contributed by atoms with Crippen molar-refractivity contribution in [2.24, 2.45) is 7.05 Å². The summed E-state index contributed by atoms with van der Waals surface area (Å²) in [5, 5.41) is 16.2. The maximum absolute atomic E-state index is 14.2. The molecule has 8 heteroatoms. The molecule has 0 saturated heterocycles. The zero-order valence-electron chi connectivity index (χ0n) is 18.9. The number of benzene rings is 2. The summed E-state index contributed by atoms with van der Waals surface area (Å²) in [7, 11) is 1.95. The average molecular weight is 460 g/mol. The number of carbonyl (C=O) groups excluding carboxylic acids is 1. The Balaban J connectivity index is 1.45. The van der Waals surface area contributed by atoms with Crippen LogP contribution < -0.4 is 10.6 Å². The van der Waals surface area contributed by atoms with E-state index in [4.69, 9.17) is 0 Å². The molecular weight excluding hydrogens is 433 g/mol. The van der Waals surface area contributed by atoms with Gasteiger partial charge in [-0.2, -0.15) is 0 Å². The molecule has 2 aromatic heterocycles. The predicted molar refractivity (Wildman–Crippen MR) is 128 cm³/mol. The van der Waals surface area contributed by atoms with Crippen LogP contribution in [0.4, 0.5) is 10.1 Å². The number of carbonyl (C=O) groups is 1. The van der Waals surface area contributed by atoms with Crippen LogP contribution in [-0.2, 0) is 13.6 Å². The number of aliphatic hydroxyl groups is 1. The molecule has 2 heterocycles. The summed E-state index contributed by atoms with van der Waals surface area (Å²) in [6.45, 7) is 1.97. The molecule has 0 aliphatic rings. The first-order chi connectivity index (χ1) is 16.4. The van der Waals surface area contributed by atoms with E-state index < -0.39 is 23.9 Å². The Hall–Kier alpha value is -4.04. The Kier molecular flexibility index (Phi) is 6.98. The van der Waals surface area contributed by atoms with Crippen LogP contribution >= 0.6 is 0 Å². The van der Waals surface area contributed by atoms with Gasteiger partial charge < -0.3 is 20.3 Å². The lowest BCUT2D eigenvalue weighted by Gasteiger charge is -2.22. The van der Waals surface area contributed by atoms with Gasteiger partial charge in [0.25, 0.3) is 5.91 Å². The first-order valence-electron chi connectivity index (χ1n) is 10.9. The topological polar surface area (TPSA) is 92.1 Å². The minimum atomic E-state index is -0.972. The summed E-state index contributed by atoms with van der Waals surface area (Å²) in [6.07, 6.45) is 4.32. The number of aliphatic hydroxyl groups excluding tert-OH is 1. The number of halogens is 1. The van der Waals surface area contributed by atoms with Crippen LogP contribution in [0.5, 0.6) is 0 Å². The van der Waals surface area contributed by atoms with Gasteiger partial charge >= 0.3 is 0 Å². The molecule has 7 nitrogen and oxygen atoms in total. The molecule has 0 aliphatic heterocycles. The van der Waals surface area contributed by atoms with Gasteiger partial charge in [-0.25, -0.2) is 9.37 Å². The first kappa shape index (κ1) is 23.1. The Labute approximate surface area is 197 Å². The minimum Gasteiger partial charge on any atom is -0.391 e. The van der Waals surface area contributed by atoms with Gasteiger partial charge in [0, 0.05) is 41.8 Å². The summed E-state index contributed by atoms with van der Waals surface area (Å²) < 4.78 is 16.2. The van der Waals surface area contributed by atoms with E-state index in [0.29, 0.717) is 12.1 Å². The van der Waals surface area contributed by atoms with Crippen molar-refractivity contribution in [3.05, 3.63) is 102 Å². The normalized spacial score (nSPS) is 12.7. The van der Waals surface area contributed by atoms with E-state index in [1.165, 1.54) is 13.0 Å². The lowest BCUT2D eigenvalue weighted by Crippen LogP contribution is -2.35. The number of anilines is 1. The number of amides is 1. The van der Waals surface area contributed by atoms with Crippen LogP contribution in [0.25, 0.3) is 11.3 Å². The Morgan fingerprint density at radius 2 is 1.88 bits per heavy atom. The van der Waals surface area contributed by atoms with E-state index in [-0.39, 0.29) is 5.56 Å². The van der Waals surface area contributed by atoms with Crippen molar-refractivity contribution in [2.75, 3.05) is 5.32 Å². The molecule has 4 rings (SSSR count). The van der Waals surface area contributed by atoms with E-state index >= 15 is 0 Å². The molecule has 1 amide bonds. The molecule has 0 radical (unpaired) electrons. The van der Waals surface area contributed by atoms with Gasteiger partial charge in [0.15, 0.2) is 0 Å². The summed E-state index contributed by atoms with van der Waals surface area (Å²) in [6, 6.07) is 16.1. The number of imidazole rings is 1. The number of pyridine rings is 1. The molecule has 3 N–H and O–H groups in total. The van der Waals surface area contributed by atoms with Gasteiger partial charge in [0.05, 0.1) is 30.6 Å². The molecule has 174 valence electrons. The third-order valence-corrected chi connectivity index (χ3v) is 5.65. The van der Waals surface area contributed by atoms with Crippen LogP contribution in [0.15, 0.2) is 79.3 Å².